The minimum atomic E-state index is 0.829. The molecule has 14 heavy (non-hydrogen) atoms. The molecule has 0 saturated heterocycles. The third-order valence-corrected chi connectivity index (χ3v) is 3.79. The molecule has 0 heteroatoms. The molecule has 0 spiro atoms. The monoisotopic (exact) mass is 184 g/mol. The number of allylic oxidation sites excluding steroid dienone is 2. The molecule has 2 aliphatic rings. The molecule has 0 aromatic heterocycles. The van der Waals surface area contributed by atoms with Crippen molar-refractivity contribution in [3.05, 3.63) is 47.0 Å². The summed E-state index contributed by atoms with van der Waals surface area (Å²) in [6.45, 7) is 2.16. The van der Waals surface area contributed by atoms with Gasteiger partial charge in [-0.05, 0) is 43.6 Å². The van der Waals surface area contributed by atoms with Crippen molar-refractivity contribution < 1.29 is 0 Å². The van der Waals surface area contributed by atoms with Gasteiger partial charge in [0.05, 0.1) is 0 Å². The molecule has 2 unspecified atom stereocenters. The molecule has 1 aromatic rings. The summed E-state index contributed by atoms with van der Waals surface area (Å²) < 4.78 is 0. The van der Waals surface area contributed by atoms with E-state index in [1.807, 2.05) is 0 Å². The molecule has 0 heterocycles. The maximum Gasteiger partial charge on any atom is -0.00904 e. The zero-order chi connectivity index (χ0) is 9.54. The van der Waals surface area contributed by atoms with Gasteiger partial charge in [-0.15, -0.1) is 0 Å². The van der Waals surface area contributed by atoms with E-state index < -0.39 is 0 Å². The van der Waals surface area contributed by atoms with Crippen LogP contribution in [0.2, 0.25) is 0 Å². The predicted octanol–water partition coefficient (Wildman–Crippen LogP) is 3.82. The minimum absolute atomic E-state index is 0.829. The SMILES string of the molecule is Cc1ccc(C2CC3=CCC2C3)cc1. The van der Waals surface area contributed by atoms with Crippen molar-refractivity contribution >= 4 is 0 Å². The van der Waals surface area contributed by atoms with Crippen LogP contribution < -0.4 is 0 Å². The Hall–Kier alpha value is -1.04. The van der Waals surface area contributed by atoms with E-state index in [1.54, 1.807) is 11.1 Å². The van der Waals surface area contributed by atoms with Gasteiger partial charge >= 0.3 is 0 Å². The summed E-state index contributed by atoms with van der Waals surface area (Å²) in [5.74, 6) is 1.75. The average Bonchev–Trinajstić information content (AvgIpc) is 2.80. The minimum Gasteiger partial charge on any atom is -0.0850 e. The highest BCUT2D eigenvalue weighted by Gasteiger charge is 2.34. The molecule has 1 aromatic carbocycles. The zero-order valence-electron chi connectivity index (χ0n) is 8.66. The number of rotatable bonds is 1. The van der Waals surface area contributed by atoms with Crippen molar-refractivity contribution in [3.8, 4) is 0 Å². The first-order valence-corrected chi connectivity index (χ1v) is 5.57. The third-order valence-electron chi connectivity index (χ3n) is 3.79. The second-order valence-corrected chi connectivity index (χ2v) is 4.78. The third kappa shape index (κ3) is 1.21. The lowest BCUT2D eigenvalue weighted by atomic mass is 9.85. The summed E-state index contributed by atoms with van der Waals surface area (Å²) in [5.41, 5.74) is 4.64. The molecule has 0 N–H and O–H groups in total. The maximum atomic E-state index is 2.45. The molecule has 2 atom stereocenters. The van der Waals surface area contributed by atoms with Gasteiger partial charge in [-0.3, -0.25) is 0 Å². The van der Waals surface area contributed by atoms with Gasteiger partial charge in [0.25, 0.3) is 0 Å². The van der Waals surface area contributed by atoms with E-state index >= 15 is 0 Å². The number of aryl methyl sites for hydroxylation is 1. The van der Waals surface area contributed by atoms with Crippen LogP contribution in [0.4, 0.5) is 0 Å². The molecule has 0 radical (unpaired) electrons. The molecule has 1 fully saturated rings. The van der Waals surface area contributed by atoms with E-state index in [2.05, 4.69) is 37.3 Å². The first-order valence-electron chi connectivity index (χ1n) is 5.57. The number of fused-ring (bicyclic) bond motifs is 2. The molecular formula is C14H16. The highest BCUT2D eigenvalue weighted by molar-refractivity contribution is 5.32. The van der Waals surface area contributed by atoms with Crippen LogP contribution in [0, 0.1) is 12.8 Å². The fraction of sp³-hybridized carbons (Fsp3) is 0.429. The molecule has 2 bridgehead atoms. The van der Waals surface area contributed by atoms with E-state index in [1.165, 1.54) is 24.8 Å². The van der Waals surface area contributed by atoms with E-state index in [-0.39, 0.29) is 0 Å². The summed E-state index contributed by atoms with van der Waals surface area (Å²) in [6.07, 6.45) is 6.48. The van der Waals surface area contributed by atoms with E-state index in [0.717, 1.165) is 11.8 Å². The molecule has 0 nitrogen and oxygen atoms in total. The van der Waals surface area contributed by atoms with Crippen LogP contribution in [0.3, 0.4) is 0 Å². The Labute approximate surface area is 85.6 Å². The van der Waals surface area contributed by atoms with Crippen LogP contribution in [0.1, 0.15) is 36.3 Å². The Morgan fingerprint density at radius 1 is 1.07 bits per heavy atom. The van der Waals surface area contributed by atoms with Crippen LogP contribution in [-0.4, -0.2) is 0 Å². The van der Waals surface area contributed by atoms with Gasteiger partial charge in [0, 0.05) is 0 Å². The highest BCUT2D eigenvalue weighted by Crippen LogP contribution is 2.49. The zero-order valence-corrected chi connectivity index (χ0v) is 8.66. The number of hydrogen-bond acceptors (Lipinski definition) is 0. The van der Waals surface area contributed by atoms with Crippen molar-refractivity contribution in [2.45, 2.75) is 32.1 Å². The van der Waals surface area contributed by atoms with Gasteiger partial charge in [0.1, 0.15) is 0 Å². The first-order chi connectivity index (χ1) is 6.83. The second kappa shape index (κ2) is 2.98. The standard InChI is InChI=1S/C14H16/c1-10-2-5-12(6-3-10)14-9-11-4-7-13(14)8-11/h2-6,13-14H,7-9H2,1H3. The van der Waals surface area contributed by atoms with Crippen LogP contribution in [0.15, 0.2) is 35.9 Å². The summed E-state index contributed by atoms with van der Waals surface area (Å²) in [6, 6.07) is 9.13. The van der Waals surface area contributed by atoms with Crippen molar-refractivity contribution in [1.82, 2.24) is 0 Å². The Bertz CT molecular complexity index is 370. The summed E-state index contributed by atoms with van der Waals surface area (Å²) >= 11 is 0. The van der Waals surface area contributed by atoms with Gasteiger partial charge in [-0.25, -0.2) is 0 Å². The predicted molar refractivity (Wildman–Crippen MR) is 59.3 cm³/mol. The largest absolute Gasteiger partial charge is 0.0850 e. The Morgan fingerprint density at radius 3 is 2.43 bits per heavy atom. The Balaban J connectivity index is 1.90. The molecule has 2 aliphatic carbocycles. The second-order valence-electron chi connectivity index (χ2n) is 4.78. The summed E-state index contributed by atoms with van der Waals surface area (Å²) in [4.78, 5) is 0. The molecular weight excluding hydrogens is 168 g/mol. The Kier molecular flexibility index (Phi) is 1.76. The van der Waals surface area contributed by atoms with Gasteiger partial charge in [-0.2, -0.15) is 0 Å². The van der Waals surface area contributed by atoms with E-state index in [4.69, 9.17) is 0 Å². The van der Waals surface area contributed by atoms with Gasteiger partial charge < -0.3 is 0 Å². The molecule has 0 aliphatic heterocycles. The number of benzene rings is 1. The molecule has 72 valence electrons. The lowest BCUT2D eigenvalue weighted by Gasteiger charge is -2.19. The quantitative estimate of drug-likeness (QED) is 0.582. The van der Waals surface area contributed by atoms with Crippen LogP contribution in [0.5, 0.6) is 0 Å². The fourth-order valence-corrected chi connectivity index (χ4v) is 2.95. The average molecular weight is 184 g/mol. The van der Waals surface area contributed by atoms with Crippen LogP contribution >= 0.6 is 0 Å². The van der Waals surface area contributed by atoms with Crippen molar-refractivity contribution in [1.29, 1.82) is 0 Å². The van der Waals surface area contributed by atoms with E-state index in [9.17, 15) is 0 Å². The highest BCUT2D eigenvalue weighted by atomic mass is 14.4. The van der Waals surface area contributed by atoms with Gasteiger partial charge in [-0.1, -0.05) is 41.5 Å². The topological polar surface area (TPSA) is 0 Å². The van der Waals surface area contributed by atoms with E-state index in [0.29, 0.717) is 0 Å². The summed E-state index contributed by atoms with van der Waals surface area (Å²) in [7, 11) is 0. The lowest BCUT2D eigenvalue weighted by molar-refractivity contribution is 0.496. The van der Waals surface area contributed by atoms with Crippen LogP contribution in [-0.2, 0) is 0 Å². The normalized spacial score (nSPS) is 29.4. The lowest BCUT2D eigenvalue weighted by Crippen LogP contribution is -2.05. The molecule has 1 saturated carbocycles. The van der Waals surface area contributed by atoms with Crippen molar-refractivity contribution in [2.24, 2.45) is 5.92 Å². The van der Waals surface area contributed by atoms with Crippen molar-refractivity contribution in [3.63, 3.8) is 0 Å². The van der Waals surface area contributed by atoms with Crippen LogP contribution in [0.25, 0.3) is 0 Å². The van der Waals surface area contributed by atoms with Gasteiger partial charge in [0.15, 0.2) is 0 Å². The first kappa shape index (κ1) is 8.28. The molecule has 3 rings (SSSR count). The summed E-state index contributed by atoms with van der Waals surface area (Å²) in [5, 5.41) is 0. The number of hydrogen-bond donors (Lipinski definition) is 0. The molecule has 0 amide bonds. The van der Waals surface area contributed by atoms with Crippen molar-refractivity contribution in [2.75, 3.05) is 0 Å². The smallest absolute Gasteiger partial charge is 0.00904 e. The fourth-order valence-electron chi connectivity index (χ4n) is 2.95. The Morgan fingerprint density at radius 2 is 1.86 bits per heavy atom. The maximum absolute atomic E-state index is 2.45. The van der Waals surface area contributed by atoms with Gasteiger partial charge in [0.2, 0.25) is 0 Å².